The summed E-state index contributed by atoms with van der Waals surface area (Å²) in [6, 6.07) is 6.70. The third-order valence-corrected chi connectivity index (χ3v) is 4.33. The molecule has 10 heteroatoms. The third kappa shape index (κ3) is 4.10. The van der Waals surface area contributed by atoms with E-state index in [-0.39, 0.29) is 17.0 Å². The fraction of sp³-hybridized carbons (Fsp3) is 0.316. The van der Waals surface area contributed by atoms with E-state index in [2.05, 4.69) is 15.4 Å². The first-order valence-electron chi connectivity index (χ1n) is 8.61. The van der Waals surface area contributed by atoms with Crippen LogP contribution in [0.15, 0.2) is 30.3 Å². The van der Waals surface area contributed by atoms with Gasteiger partial charge in [-0.3, -0.25) is 4.79 Å². The van der Waals surface area contributed by atoms with E-state index in [1.807, 2.05) is 0 Å². The maximum atomic E-state index is 13.3. The van der Waals surface area contributed by atoms with E-state index in [1.165, 1.54) is 27.2 Å². The van der Waals surface area contributed by atoms with Gasteiger partial charge in [0.15, 0.2) is 11.3 Å². The molecule has 3 rings (SSSR count). The van der Waals surface area contributed by atoms with Gasteiger partial charge in [0.1, 0.15) is 17.2 Å². The summed E-state index contributed by atoms with van der Waals surface area (Å²) in [6.07, 6.45) is -4.63. The monoisotopic (exact) mass is 408 g/mol. The fourth-order valence-corrected chi connectivity index (χ4v) is 2.94. The van der Waals surface area contributed by atoms with Gasteiger partial charge in [0.05, 0.1) is 20.3 Å². The highest BCUT2D eigenvalue weighted by Crippen LogP contribution is 2.31. The molecule has 2 aromatic heterocycles. The summed E-state index contributed by atoms with van der Waals surface area (Å²) < 4.78 is 51.0. The zero-order chi connectivity index (χ0) is 21.3. The Balaban J connectivity index is 1.93. The highest BCUT2D eigenvalue weighted by atomic mass is 19.4. The number of nitrogens with zero attached hydrogens (tertiary/aromatic N) is 3. The number of aryl methyl sites for hydroxylation is 1. The number of amides is 1. The Labute approximate surface area is 164 Å². The van der Waals surface area contributed by atoms with E-state index >= 15 is 0 Å². The summed E-state index contributed by atoms with van der Waals surface area (Å²) >= 11 is 0. The molecule has 0 bridgehead atoms. The number of ether oxygens (including phenoxy) is 2. The van der Waals surface area contributed by atoms with Gasteiger partial charge in [-0.05, 0) is 38.1 Å². The molecule has 0 saturated carbocycles. The highest BCUT2D eigenvalue weighted by Gasteiger charge is 2.35. The molecule has 1 aromatic carbocycles. The lowest BCUT2D eigenvalue weighted by molar-refractivity contribution is -0.142. The van der Waals surface area contributed by atoms with Crippen LogP contribution >= 0.6 is 0 Å². The zero-order valence-electron chi connectivity index (χ0n) is 16.2. The minimum absolute atomic E-state index is 0.0610. The number of fused-ring (bicyclic) bond motifs is 1. The van der Waals surface area contributed by atoms with Crippen molar-refractivity contribution in [2.24, 2.45) is 0 Å². The number of carbonyl (C=O) groups is 1. The SMILES string of the molecule is COc1ccc(OC)c(C(C)NC(=O)c2cc3nc(C)cc(C(F)(F)F)n3n2)c1. The molecule has 154 valence electrons. The largest absolute Gasteiger partial charge is 0.497 e. The van der Waals surface area contributed by atoms with Gasteiger partial charge in [-0.25, -0.2) is 9.50 Å². The maximum Gasteiger partial charge on any atom is 0.433 e. The van der Waals surface area contributed by atoms with Crippen LogP contribution in [0.4, 0.5) is 13.2 Å². The first-order chi connectivity index (χ1) is 13.6. The summed E-state index contributed by atoms with van der Waals surface area (Å²) in [5.41, 5.74) is -0.418. The molecule has 1 amide bonds. The quantitative estimate of drug-likeness (QED) is 0.699. The fourth-order valence-electron chi connectivity index (χ4n) is 2.94. The Kier molecular flexibility index (Phi) is 5.36. The van der Waals surface area contributed by atoms with Gasteiger partial charge in [-0.2, -0.15) is 18.3 Å². The molecule has 3 aromatic rings. The molecule has 1 N–H and O–H groups in total. The van der Waals surface area contributed by atoms with Gasteiger partial charge in [0.2, 0.25) is 0 Å². The molecule has 0 aliphatic heterocycles. The molecule has 1 unspecified atom stereocenters. The topological polar surface area (TPSA) is 77.8 Å². The van der Waals surface area contributed by atoms with Gasteiger partial charge >= 0.3 is 6.18 Å². The van der Waals surface area contributed by atoms with E-state index in [4.69, 9.17) is 9.47 Å². The van der Waals surface area contributed by atoms with Crippen LogP contribution in [0.5, 0.6) is 11.5 Å². The van der Waals surface area contributed by atoms with E-state index in [1.54, 1.807) is 25.1 Å². The minimum atomic E-state index is -4.63. The van der Waals surface area contributed by atoms with Crippen molar-refractivity contribution in [3.05, 3.63) is 53.0 Å². The first-order valence-corrected chi connectivity index (χ1v) is 8.61. The Morgan fingerprint density at radius 3 is 2.52 bits per heavy atom. The number of methoxy groups -OCH3 is 2. The molecule has 0 fully saturated rings. The van der Waals surface area contributed by atoms with E-state index in [0.29, 0.717) is 21.6 Å². The maximum absolute atomic E-state index is 13.3. The molecule has 0 aliphatic rings. The number of hydrogen-bond donors (Lipinski definition) is 1. The summed E-state index contributed by atoms with van der Waals surface area (Å²) in [6.45, 7) is 3.16. The van der Waals surface area contributed by atoms with Gasteiger partial charge in [0.25, 0.3) is 5.91 Å². The molecule has 0 aliphatic carbocycles. The molecular formula is C19H19F3N4O3. The van der Waals surface area contributed by atoms with E-state index in [0.717, 1.165) is 6.07 Å². The number of hydrogen-bond acceptors (Lipinski definition) is 5. The number of halogens is 3. The summed E-state index contributed by atoms with van der Waals surface area (Å²) in [5.74, 6) is 0.466. The highest BCUT2D eigenvalue weighted by molar-refractivity contribution is 5.93. The molecular weight excluding hydrogens is 389 g/mol. The lowest BCUT2D eigenvalue weighted by Crippen LogP contribution is -2.27. The smallest absolute Gasteiger partial charge is 0.433 e. The van der Waals surface area contributed by atoms with Crippen LogP contribution in [0.1, 0.15) is 40.4 Å². The molecule has 7 nitrogen and oxygen atoms in total. The summed E-state index contributed by atoms with van der Waals surface area (Å²) in [7, 11) is 3.01. The van der Waals surface area contributed by atoms with Crippen LogP contribution in [-0.2, 0) is 6.18 Å². The molecule has 2 heterocycles. The molecule has 0 radical (unpaired) electrons. The van der Waals surface area contributed by atoms with Crippen LogP contribution in [0.25, 0.3) is 5.65 Å². The Hall–Kier alpha value is -3.30. The Morgan fingerprint density at radius 2 is 1.90 bits per heavy atom. The Morgan fingerprint density at radius 1 is 1.17 bits per heavy atom. The number of rotatable bonds is 5. The first kappa shape index (κ1) is 20.4. The van der Waals surface area contributed by atoms with Gasteiger partial charge in [0, 0.05) is 17.3 Å². The van der Waals surface area contributed by atoms with Crippen molar-refractivity contribution >= 4 is 11.6 Å². The van der Waals surface area contributed by atoms with Gasteiger partial charge in [-0.1, -0.05) is 0 Å². The average molecular weight is 408 g/mol. The number of carbonyl (C=O) groups excluding carboxylic acids is 1. The predicted octanol–water partition coefficient (Wildman–Crippen LogP) is 3.56. The van der Waals surface area contributed by atoms with Crippen molar-refractivity contribution < 1.29 is 27.4 Å². The minimum Gasteiger partial charge on any atom is -0.497 e. The number of nitrogens with one attached hydrogen (secondary N) is 1. The lowest BCUT2D eigenvalue weighted by atomic mass is 10.1. The van der Waals surface area contributed by atoms with Crippen molar-refractivity contribution in [1.29, 1.82) is 0 Å². The second kappa shape index (κ2) is 7.61. The van der Waals surface area contributed by atoms with Crippen LogP contribution in [-0.4, -0.2) is 34.7 Å². The lowest BCUT2D eigenvalue weighted by Gasteiger charge is -2.17. The van der Waals surface area contributed by atoms with Gasteiger partial charge in [-0.15, -0.1) is 0 Å². The van der Waals surface area contributed by atoms with Crippen molar-refractivity contribution in [2.45, 2.75) is 26.1 Å². The number of alkyl halides is 3. The molecule has 1 atom stereocenters. The number of aromatic nitrogens is 3. The standard InChI is InChI=1S/C19H19F3N4O3/c1-10-7-16(19(20,21)22)26-17(23-10)9-14(25-26)18(27)24-11(2)13-8-12(28-3)5-6-15(13)29-4/h5-9,11H,1-4H3,(H,24,27). The number of benzene rings is 1. The van der Waals surface area contributed by atoms with Crippen LogP contribution in [0.2, 0.25) is 0 Å². The molecule has 0 saturated heterocycles. The predicted molar refractivity (Wildman–Crippen MR) is 98.2 cm³/mol. The van der Waals surface area contributed by atoms with E-state index < -0.39 is 23.8 Å². The summed E-state index contributed by atoms with van der Waals surface area (Å²) in [5, 5.41) is 6.52. The third-order valence-electron chi connectivity index (χ3n) is 4.33. The van der Waals surface area contributed by atoms with Crippen LogP contribution in [0.3, 0.4) is 0 Å². The second-order valence-electron chi connectivity index (χ2n) is 6.38. The van der Waals surface area contributed by atoms with Crippen LogP contribution in [0, 0.1) is 6.92 Å². The normalized spacial score (nSPS) is 12.7. The van der Waals surface area contributed by atoms with E-state index in [9.17, 15) is 18.0 Å². The summed E-state index contributed by atoms with van der Waals surface area (Å²) in [4.78, 5) is 16.7. The van der Waals surface area contributed by atoms with Crippen molar-refractivity contribution in [3.63, 3.8) is 0 Å². The van der Waals surface area contributed by atoms with Gasteiger partial charge < -0.3 is 14.8 Å². The zero-order valence-corrected chi connectivity index (χ0v) is 16.2. The second-order valence-corrected chi connectivity index (χ2v) is 6.38. The molecule has 29 heavy (non-hydrogen) atoms. The Bertz CT molecular complexity index is 1060. The van der Waals surface area contributed by atoms with Crippen molar-refractivity contribution in [1.82, 2.24) is 19.9 Å². The van der Waals surface area contributed by atoms with Crippen LogP contribution < -0.4 is 14.8 Å². The average Bonchev–Trinajstić information content (AvgIpc) is 3.09. The van der Waals surface area contributed by atoms with Crippen molar-refractivity contribution in [3.8, 4) is 11.5 Å². The molecule has 0 spiro atoms. The van der Waals surface area contributed by atoms with Crippen molar-refractivity contribution in [2.75, 3.05) is 14.2 Å².